The minimum atomic E-state index is -1.04. The Morgan fingerprint density at radius 1 is 1.00 bits per heavy atom. The van der Waals surface area contributed by atoms with Crippen molar-refractivity contribution in [3.63, 3.8) is 0 Å². The van der Waals surface area contributed by atoms with Crippen LogP contribution in [-0.4, -0.2) is 64.8 Å². The van der Waals surface area contributed by atoms with Gasteiger partial charge in [0.15, 0.2) is 5.82 Å². The molecule has 8 nitrogen and oxygen atoms in total. The molecule has 0 aliphatic rings. The normalized spacial score (nSPS) is 11.5. The van der Waals surface area contributed by atoms with Crippen molar-refractivity contribution in [2.24, 2.45) is 0 Å². The zero-order valence-electron chi connectivity index (χ0n) is 21.3. The Labute approximate surface area is 243 Å². The maximum atomic E-state index is 13.7. The SMILES string of the molecule is CCCCc1nc2ccc(C(C)(C)O)cc2c(=O)n1Cc1ccc(-c2ccccc2-c2nnn[nH]2)cc1.[NaH]. The first-order chi connectivity index (χ1) is 17.8. The number of aliphatic hydroxyl groups is 1. The van der Waals surface area contributed by atoms with Crippen molar-refractivity contribution >= 4 is 40.5 Å². The molecule has 2 N–H and O–H groups in total. The van der Waals surface area contributed by atoms with E-state index in [0.29, 0.717) is 28.8 Å². The Hall–Kier alpha value is -3.17. The van der Waals surface area contributed by atoms with E-state index in [9.17, 15) is 9.90 Å². The summed E-state index contributed by atoms with van der Waals surface area (Å²) in [4.78, 5) is 18.5. The van der Waals surface area contributed by atoms with Crippen LogP contribution in [0.1, 0.15) is 50.6 Å². The van der Waals surface area contributed by atoms with Crippen LogP contribution >= 0.6 is 0 Å². The summed E-state index contributed by atoms with van der Waals surface area (Å²) in [6.45, 7) is 5.98. The Bertz CT molecular complexity index is 1590. The van der Waals surface area contributed by atoms with E-state index in [4.69, 9.17) is 4.98 Å². The van der Waals surface area contributed by atoms with E-state index < -0.39 is 5.60 Å². The standard InChI is InChI=1S/C29H30N6O2.Na.H/c1-4-5-10-26-30-25-16-15-21(29(2,3)37)17-24(25)28(36)35(26)18-19-11-13-20(14-12-19)22-8-6-7-9-23(22)27-31-33-34-32-27;;/h6-9,11-17,37H,4-5,10,18H2,1-3H3,(H,31,32,33,34);;. The molecule has 0 fully saturated rings. The summed E-state index contributed by atoms with van der Waals surface area (Å²) in [6, 6.07) is 21.6. The minimum absolute atomic E-state index is 0. The number of benzene rings is 3. The van der Waals surface area contributed by atoms with Crippen molar-refractivity contribution in [2.45, 2.75) is 52.2 Å². The van der Waals surface area contributed by atoms with Gasteiger partial charge in [0, 0.05) is 12.0 Å². The molecule has 0 atom stereocenters. The number of rotatable bonds is 8. The van der Waals surface area contributed by atoms with Crippen LogP contribution in [0.5, 0.6) is 0 Å². The van der Waals surface area contributed by atoms with Crippen LogP contribution in [0.25, 0.3) is 33.4 Å². The van der Waals surface area contributed by atoms with Crippen molar-refractivity contribution in [3.8, 4) is 22.5 Å². The van der Waals surface area contributed by atoms with Gasteiger partial charge >= 0.3 is 29.6 Å². The molecular weight excluding hydrogens is 487 g/mol. The molecule has 0 bridgehead atoms. The van der Waals surface area contributed by atoms with Crippen molar-refractivity contribution in [2.75, 3.05) is 0 Å². The molecule has 0 unspecified atom stereocenters. The molecule has 0 aliphatic heterocycles. The number of aromatic amines is 1. The second-order valence-corrected chi connectivity index (χ2v) is 9.81. The zero-order chi connectivity index (χ0) is 26.0. The molecule has 0 radical (unpaired) electrons. The summed E-state index contributed by atoms with van der Waals surface area (Å²) in [5.74, 6) is 1.39. The van der Waals surface area contributed by atoms with E-state index >= 15 is 0 Å². The van der Waals surface area contributed by atoms with Crippen LogP contribution in [-0.2, 0) is 18.6 Å². The monoisotopic (exact) mass is 518 g/mol. The molecule has 9 heteroatoms. The first-order valence-corrected chi connectivity index (χ1v) is 12.5. The second kappa shape index (κ2) is 11.7. The van der Waals surface area contributed by atoms with Crippen molar-refractivity contribution in [1.29, 1.82) is 0 Å². The number of aryl methyl sites for hydroxylation is 1. The van der Waals surface area contributed by atoms with E-state index in [-0.39, 0.29) is 35.1 Å². The second-order valence-electron chi connectivity index (χ2n) is 9.81. The molecule has 0 saturated carbocycles. The summed E-state index contributed by atoms with van der Waals surface area (Å²) in [7, 11) is 0. The summed E-state index contributed by atoms with van der Waals surface area (Å²) in [5.41, 5.74) is 4.18. The number of tetrazole rings is 1. The third-order valence-corrected chi connectivity index (χ3v) is 6.63. The number of hydrogen-bond donors (Lipinski definition) is 2. The Morgan fingerprint density at radius 2 is 1.74 bits per heavy atom. The van der Waals surface area contributed by atoms with Gasteiger partial charge in [-0.1, -0.05) is 67.9 Å². The molecule has 2 heterocycles. The van der Waals surface area contributed by atoms with Crippen molar-refractivity contribution < 1.29 is 5.11 Å². The summed E-state index contributed by atoms with van der Waals surface area (Å²) in [6.07, 6.45) is 2.69. The van der Waals surface area contributed by atoms with E-state index in [1.807, 2.05) is 48.5 Å². The van der Waals surface area contributed by atoms with Crippen LogP contribution in [0.4, 0.5) is 0 Å². The van der Waals surface area contributed by atoms with Gasteiger partial charge in [-0.3, -0.25) is 9.36 Å². The summed E-state index contributed by atoms with van der Waals surface area (Å²) in [5, 5.41) is 25.3. The molecule has 5 rings (SSSR count). The van der Waals surface area contributed by atoms with Gasteiger partial charge < -0.3 is 5.11 Å². The first-order valence-electron chi connectivity index (χ1n) is 12.5. The van der Waals surface area contributed by atoms with E-state index in [1.165, 1.54) is 0 Å². The molecule has 0 amide bonds. The number of hydrogen-bond acceptors (Lipinski definition) is 6. The van der Waals surface area contributed by atoms with Gasteiger partial charge in [-0.05, 0) is 65.1 Å². The van der Waals surface area contributed by atoms with Gasteiger partial charge in [0.1, 0.15) is 5.82 Å². The van der Waals surface area contributed by atoms with Gasteiger partial charge in [-0.15, -0.1) is 5.10 Å². The maximum absolute atomic E-state index is 13.7. The Balaban J connectivity index is 0.00000336. The predicted octanol–water partition coefficient (Wildman–Crippen LogP) is 4.21. The van der Waals surface area contributed by atoms with Gasteiger partial charge in [0.05, 0.1) is 23.0 Å². The number of unbranched alkanes of at least 4 members (excludes halogenated alkanes) is 1. The van der Waals surface area contributed by atoms with Crippen LogP contribution in [0.2, 0.25) is 0 Å². The third-order valence-electron chi connectivity index (χ3n) is 6.63. The average Bonchev–Trinajstić information content (AvgIpc) is 3.44. The van der Waals surface area contributed by atoms with Crippen LogP contribution in [0.15, 0.2) is 71.5 Å². The molecule has 3 aromatic carbocycles. The molecule has 38 heavy (non-hydrogen) atoms. The van der Waals surface area contributed by atoms with Gasteiger partial charge in [-0.2, -0.15) is 0 Å². The van der Waals surface area contributed by atoms with Crippen molar-refractivity contribution in [1.82, 2.24) is 30.2 Å². The molecule has 5 aromatic rings. The van der Waals surface area contributed by atoms with Crippen LogP contribution in [0.3, 0.4) is 0 Å². The predicted molar refractivity (Wildman–Crippen MR) is 151 cm³/mol. The molecular formula is C29H31N6NaO2. The summed E-state index contributed by atoms with van der Waals surface area (Å²) < 4.78 is 1.77. The fourth-order valence-electron chi connectivity index (χ4n) is 4.52. The number of nitrogens with one attached hydrogen (secondary N) is 1. The molecule has 2 aromatic heterocycles. The van der Waals surface area contributed by atoms with E-state index in [2.05, 4.69) is 39.7 Å². The fourth-order valence-corrected chi connectivity index (χ4v) is 4.52. The first kappa shape index (κ1) is 27.9. The Morgan fingerprint density at radius 3 is 2.39 bits per heavy atom. The number of H-pyrrole nitrogens is 1. The number of fused-ring (bicyclic) bond motifs is 1. The molecule has 190 valence electrons. The van der Waals surface area contributed by atoms with Crippen LogP contribution in [0, 0.1) is 0 Å². The van der Waals surface area contributed by atoms with Gasteiger partial charge in [0.2, 0.25) is 0 Å². The Kier molecular flexibility index (Phi) is 8.57. The van der Waals surface area contributed by atoms with Crippen LogP contribution < -0.4 is 5.56 Å². The van der Waals surface area contributed by atoms with Gasteiger partial charge in [0.25, 0.3) is 5.56 Å². The van der Waals surface area contributed by atoms with E-state index in [1.54, 1.807) is 24.5 Å². The van der Waals surface area contributed by atoms with Gasteiger partial charge in [-0.25, -0.2) is 10.1 Å². The topological polar surface area (TPSA) is 110 Å². The van der Waals surface area contributed by atoms with E-state index in [0.717, 1.165) is 47.3 Å². The average molecular weight is 519 g/mol. The zero-order valence-corrected chi connectivity index (χ0v) is 21.3. The fraction of sp³-hybridized carbons (Fsp3) is 0.276. The number of aromatic nitrogens is 6. The molecule has 0 saturated heterocycles. The van der Waals surface area contributed by atoms with Crippen molar-refractivity contribution in [3.05, 3.63) is 94.0 Å². The molecule has 0 spiro atoms. The summed E-state index contributed by atoms with van der Waals surface area (Å²) >= 11 is 0. The third kappa shape index (κ3) is 5.78. The molecule has 0 aliphatic carbocycles. The number of nitrogens with zero attached hydrogens (tertiary/aromatic N) is 5. The quantitative estimate of drug-likeness (QED) is 0.298.